The molecule has 1 atom stereocenters. The molecule has 1 aliphatic rings. The van der Waals surface area contributed by atoms with Crippen LogP contribution < -0.4 is 5.73 Å². The molecule has 9 nitrogen and oxygen atoms in total. The van der Waals surface area contributed by atoms with Gasteiger partial charge in [0.1, 0.15) is 17.2 Å². The monoisotopic (exact) mass is 446 g/mol. The van der Waals surface area contributed by atoms with Crippen molar-refractivity contribution in [1.82, 2.24) is 9.80 Å². The van der Waals surface area contributed by atoms with E-state index in [0.29, 0.717) is 19.4 Å². The van der Waals surface area contributed by atoms with Crippen molar-refractivity contribution in [2.45, 2.75) is 78.2 Å². The number of aliphatic imine (C=N–C) groups is 1. The van der Waals surface area contributed by atoms with Crippen LogP contribution in [0.15, 0.2) is 35.3 Å². The standard InChI is InChI=1S/C23H34N4O5/c1-22(2,3)31-20(29)25-19(26-14-10-13-17(26)18(24)28)27(21(30)32-23(4,5)6)15-16-11-8-7-9-12-16/h7-9,11-12,17H,10,13-15H2,1-6H3,(H2,24,28)/b25-19+/t17-/m0/s1. The molecule has 1 aliphatic heterocycles. The van der Waals surface area contributed by atoms with Gasteiger partial charge in [-0.05, 0) is 59.9 Å². The zero-order chi connectivity index (χ0) is 24.1. The number of guanidine groups is 1. The van der Waals surface area contributed by atoms with E-state index < -0.39 is 35.3 Å². The number of nitrogens with two attached hydrogens (primary N) is 1. The van der Waals surface area contributed by atoms with Gasteiger partial charge in [-0.25, -0.2) is 14.5 Å². The van der Waals surface area contributed by atoms with Gasteiger partial charge >= 0.3 is 12.2 Å². The molecule has 0 bridgehead atoms. The molecule has 0 saturated carbocycles. The SMILES string of the molecule is CC(C)(C)OC(=O)/N=C(/N(Cc1ccccc1)C(=O)OC(C)(C)C)N1CCC[C@H]1C(N)=O. The van der Waals surface area contributed by atoms with Crippen LogP contribution >= 0.6 is 0 Å². The van der Waals surface area contributed by atoms with E-state index in [1.54, 1.807) is 46.4 Å². The Morgan fingerprint density at radius 3 is 2.19 bits per heavy atom. The first kappa shape index (κ1) is 25.2. The summed E-state index contributed by atoms with van der Waals surface area (Å²) in [5.41, 5.74) is 4.84. The first-order valence-electron chi connectivity index (χ1n) is 10.7. The minimum absolute atomic E-state index is 0.0151. The van der Waals surface area contributed by atoms with E-state index in [1.165, 1.54) is 4.90 Å². The molecule has 0 aromatic heterocycles. The Hall–Kier alpha value is -3.10. The quantitative estimate of drug-likeness (QED) is 0.560. The highest BCUT2D eigenvalue weighted by molar-refractivity contribution is 6.01. The minimum atomic E-state index is -0.871. The second-order valence-corrected chi connectivity index (χ2v) is 9.70. The second-order valence-electron chi connectivity index (χ2n) is 9.70. The van der Waals surface area contributed by atoms with Crippen molar-refractivity contribution in [3.63, 3.8) is 0 Å². The van der Waals surface area contributed by atoms with Crippen molar-refractivity contribution in [3.05, 3.63) is 35.9 Å². The van der Waals surface area contributed by atoms with Gasteiger partial charge in [0.05, 0.1) is 6.54 Å². The van der Waals surface area contributed by atoms with Gasteiger partial charge in [-0.2, -0.15) is 0 Å². The lowest BCUT2D eigenvalue weighted by atomic mass is 10.2. The van der Waals surface area contributed by atoms with Crippen LogP contribution in [-0.2, 0) is 20.8 Å². The highest BCUT2D eigenvalue weighted by Gasteiger charge is 2.38. The maximum atomic E-state index is 13.2. The van der Waals surface area contributed by atoms with E-state index in [2.05, 4.69) is 4.99 Å². The predicted molar refractivity (Wildman–Crippen MR) is 121 cm³/mol. The number of hydrogen-bond acceptors (Lipinski definition) is 5. The lowest BCUT2D eigenvalue weighted by molar-refractivity contribution is -0.121. The zero-order valence-electron chi connectivity index (χ0n) is 19.8. The molecule has 1 aromatic rings. The lowest BCUT2D eigenvalue weighted by Crippen LogP contribution is -2.53. The van der Waals surface area contributed by atoms with Crippen molar-refractivity contribution < 1.29 is 23.9 Å². The van der Waals surface area contributed by atoms with Gasteiger partial charge in [0.2, 0.25) is 11.9 Å². The van der Waals surface area contributed by atoms with E-state index in [9.17, 15) is 14.4 Å². The molecule has 32 heavy (non-hydrogen) atoms. The largest absolute Gasteiger partial charge is 0.443 e. The summed E-state index contributed by atoms with van der Waals surface area (Å²) in [4.78, 5) is 44.9. The molecule has 1 aromatic carbocycles. The molecule has 1 heterocycles. The van der Waals surface area contributed by atoms with Gasteiger partial charge in [0.25, 0.3) is 0 Å². The first-order valence-corrected chi connectivity index (χ1v) is 10.7. The van der Waals surface area contributed by atoms with Crippen LogP contribution in [0.25, 0.3) is 0 Å². The van der Waals surface area contributed by atoms with E-state index >= 15 is 0 Å². The molecule has 1 saturated heterocycles. The van der Waals surface area contributed by atoms with Crippen LogP contribution in [0.1, 0.15) is 59.9 Å². The fourth-order valence-electron chi connectivity index (χ4n) is 3.25. The summed E-state index contributed by atoms with van der Waals surface area (Å²) in [6, 6.07) is 8.54. The molecule has 2 N–H and O–H groups in total. The van der Waals surface area contributed by atoms with Crippen LogP contribution in [0.3, 0.4) is 0 Å². The van der Waals surface area contributed by atoms with E-state index in [0.717, 1.165) is 5.56 Å². The van der Waals surface area contributed by atoms with Crippen LogP contribution in [0, 0.1) is 0 Å². The maximum Gasteiger partial charge on any atom is 0.437 e. The number of likely N-dealkylation sites (tertiary alicyclic amines) is 1. The smallest absolute Gasteiger partial charge is 0.437 e. The Labute approximate surface area is 189 Å². The summed E-state index contributed by atoms with van der Waals surface area (Å²) in [7, 11) is 0. The third-order valence-electron chi connectivity index (χ3n) is 4.46. The Kier molecular flexibility index (Phi) is 7.87. The van der Waals surface area contributed by atoms with Gasteiger partial charge in [-0.1, -0.05) is 30.3 Å². The highest BCUT2D eigenvalue weighted by Crippen LogP contribution is 2.23. The number of amides is 3. The topological polar surface area (TPSA) is 115 Å². The first-order chi connectivity index (χ1) is 14.8. The predicted octanol–water partition coefficient (Wildman–Crippen LogP) is 3.66. The molecule has 9 heteroatoms. The van der Waals surface area contributed by atoms with Crippen molar-refractivity contribution in [3.8, 4) is 0 Å². The van der Waals surface area contributed by atoms with Gasteiger partial charge in [0, 0.05) is 6.54 Å². The maximum absolute atomic E-state index is 13.2. The van der Waals surface area contributed by atoms with Crippen LogP contribution in [0.2, 0.25) is 0 Å². The molecule has 0 aliphatic carbocycles. The normalized spacial score (nSPS) is 17.1. The summed E-state index contributed by atoms with van der Waals surface area (Å²) in [5, 5.41) is 0. The van der Waals surface area contributed by atoms with Crippen molar-refractivity contribution in [2.75, 3.05) is 6.54 Å². The van der Waals surface area contributed by atoms with E-state index in [4.69, 9.17) is 15.2 Å². The summed E-state index contributed by atoms with van der Waals surface area (Å²) >= 11 is 0. The molecule has 1 fully saturated rings. The average molecular weight is 447 g/mol. The summed E-state index contributed by atoms with van der Waals surface area (Å²) in [5.74, 6) is -0.568. The summed E-state index contributed by atoms with van der Waals surface area (Å²) in [6.45, 7) is 10.9. The average Bonchev–Trinajstić information content (AvgIpc) is 3.12. The number of rotatable bonds is 3. The second kappa shape index (κ2) is 10.0. The number of primary amides is 1. The minimum Gasteiger partial charge on any atom is -0.443 e. The van der Waals surface area contributed by atoms with Crippen molar-refractivity contribution in [2.24, 2.45) is 10.7 Å². The lowest BCUT2D eigenvalue weighted by Gasteiger charge is -2.34. The van der Waals surface area contributed by atoms with E-state index in [-0.39, 0.29) is 12.5 Å². The van der Waals surface area contributed by atoms with Gasteiger partial charge in [0.15, 0.2) is 0 Å². The van der Waals surface area contributed by atoms with Gasteiger partial charge in [-0.15, -0.1) is 4.99 Å². The number of ether oxygens (including phenoxy) is 2. The Morgan fingerprint density at radius 2 is 1.66 bits per heavy atom. The Morgan fingerprint density at radius 1 is 1.06 bits per heavy atom. The van der Waals surface area contributed by atoms with Crippen molar-refractivity contribution in [1.29, 1.82) is 0 Å². The Balaban J connectivity index is 2.54. The zero-order valence-corrected chi connectivity index (χ0v) is 19.8. The third-order valence-corrected chi connectivity index (χ3v) is 4.46. The fourth-order valence-corrected chi connectivity index (χ4v) is 3.25. The number of carbonyl (C=O) groups excluding carboxylic acids is 3. The molecular weight excluding hydrogens is 412 g/mol. The molecule has 0 radical (unpaired) electrons. The summed E-state index contributed by atoms with van der Waals surface area (Å²) in [6.07, 6.45) is -0.409. The van der Waals surface area contributed by atoms with Crippen LogP contribution in [-0.4, -0.2) is 57.6 Å². The number of hydrogen-bond donors (Lipinski definition) is 1. The molecule has 0 unspecified atom stereocenters. The third kappa shape index (κ3) is 7.55. The number of carbonyl (C=O) groups is 3. The van der Waals surface area contributed by atoms with Crippen molar-refractivity contribution >= 4 is 24.1 Å². The molecule has 0 spiro atoms. The van der Waals surface area contributed by atoms with Gasteiger partial charge < -0.3 is 20.1 Å². The van der Waals surface area contributed by atoms with Gasteiger partial charge in [-0.3, -0.25) is 4.79 Å². The highest BCUT2D eigenvalue weighted by atomic mass is 16.6. The molecule has 2 rings (SSSR count). The molecule has 176 valence electrons. The molecular formula is C23H34N4O5. The van der Waals surface area contributed by atoms with Crippen LogP contribution in [0.4, 0.5) is 9.59 Å². The van der Waals surface area contributed by atoms with Crippen LogP contribution in [0.5, 0.6) is 0 Å². The number of nitrogens with zero attached hydrogens (tertiary/aromatic N) is 3. The number of benzene rings is 1. The molecule has 3 amide bonds. The fraction of sp³-hybridized carbons (Fsp3) is 0.565. The Bertz CT molecular complexity index is 855. The van der Waals surface area contributed by atoms with E-state index in [1.807, 2.05) is 30.3 Å². The summed E-state index contributed by atoms with van der Waals surface area (Å²) < 4.78 is 11.0.